The Hall–Kier alpha value is -2.95. The molecule has 1 heterocycles. The molecule has 0 amide bonds. The highest BCUT2D eigenvalue weighted by Gasteiger charge is 2.29. The third-order valence-corrected chi connectivity index (χ3v) is 4.38. The van der Waals surface area contributed by atoms with Crippen molar-refractivity contribution in [1.29, 1.82) is 0 Å². The number of phenols is 2. The molecule has 0 saturated carbocycles. The van der Waals surface area contributed by atoms with Crippen LogP contribution in [-0.2, 0) is 6.42 Å². The third kappa shape index (κ3) is 3.52. The maximum Gasteiger partial charge on any atom is 0.170 e. The molecule has 0 unspecified atom stereocenters. The molecule has 0 aromatic heterocycles. The average Bonchev–Trinajstić information content (AvgIpc) is 2.58. The number of aromatic hydroxyl groups is 2. The van der Waals surface area contributed by atoms with Gasteiger partial charge in [0.05, 0.1) is 19.1 Å². The second kappa shape index (κ2) is 7.12. The second-order valence-electron chi connectivity index (χ2n) is 6.63. The van der Waals surface area contributed by atoms with Crippen LogP contribution in [-0.4, -0.2) is 23.1 Å². The van der Waals surface area contributed by atoms with Gasteiger partial charge in [0.2, 0.25) is 0 Å². The zero-order valence-electron chi connectivity index (χ0n) is 15.1. The first-order valence-corrected chi connectivity index (χ1v) is 8.45. The van der Waals surface area contributed by atoms with Crippen LogP contribution in [0.2, 0.25) is 0 Å². The molecule has 0 bridgehead atoms. The monoisotopic (exact) mass is 354 g/mol. The van der Waals surface area contributed by atoms with Crippen molar-refractivity contribution in [2.45, 2.75) is 32.8 Å². The van der Waals surface area contributed by atoms with E-state index in [1.54, 1.807) is 12.1 Å². The van der Waals surface area contributed by atoms with E-state index in [0.717, 1.165) is 11.1 Å². The quantitative estimate of drug-likeness (QED) is 0.800. The van der Waals surface area contributed by atoms with Gasteiger partial charge in [-0.3, -0.25) is 4.79 Å². The summed E-state index contributed by atoms with van der Waals surface area (Å²) in [5, 5.41) is 20.0. The van der Waals surface area contributed by atoms with E-state index >= 15 is 0 Å². The lowest BCUT2D eigenvalue weighted by Gasteiger charge is -2.26. The van der Waals surface area contributed by atoms with Gasteiger partial charge in [-0.15, -0.1) is 0 Å². The van der Waals surface area contributed by atoms with Crippen LogP contribution in [0.4, 0.5) is 0 Å². The van der Waals surface area contributed by atoms with Gasteiger partial charge in [0.15, 0.2) is 17.3 Å². The number of methoxy groups -OCH3 is 1. The molecule has 0 aliphatic carbocycles. The molecule has 1 atom stereocenters. The summed E-state index contributed by atoms with van der Waals surface area (Å²) in [7, 11) is 1.51. The molecule has 2 aromatic rings. The Balaban J connectivity index is 1.99. The summed E-state index contributed by atoms with van der Waals surface area (Å²) in [5.41, 5.74) is 3.14. The number of hydrogen-bond donors (Lipinski definition) is 2. The van der Waals surface area contributed by atoms with E-state index in [-0.39, 0.29) is 23.7 Å². The molecule has 0 spiro atoms. The highest BCUT2D eigenvalue weighted by atomic mass is 16.5. The molecule has 0 saturated heterocycles. The maximum atomic E-state index is 12.4. The fourth-order valence-corrected chi connectivity index (χ4v) is 3.08. The van der Waals surface area contributed by atoms with Crippen LogP contribution in [0.3, 0.4) is 0 Å². The Bertz CT molecular complexity index is 878. The van der Waals surface area contributed by atoms with Gasteiger partial charge in [0.25, 0.3) is 0 Å². The first kappa shape index (κ1) is 17.9. The summed E-state index contributed by atoms with van der Waals surface area (Å²) in [4.78, 5) is 12.4. The molecule has 5 heteroatoms. The Kier molecular flexibility index (Phi) is 4.89. The van der Waals surface area contributed by atoms with Gasteiger partial charge >= 0.3 is 0 Å². The molecular formula is C21H22O5. The number of hydrogen-bond acceptors (Lipinski definition) is 5. The van der Waals surface area contributed by atoms with Crippen LogP contribution in [0.25, 0.3) is 0 Å². The minimum absolute atomic E-state index is 0.0138. The SMILES string of the molecule is COc1c(O)cc([C@@H]2CC(=O)c3ccc(O)cc3O2)cc1CC=C(C)C. The minimum atomic E-state index is -0.529. The summed E-state index contributed by atoms with van der Waals surface area (Å²) in [6.45, 7) is 4.00. The maximum absolute atomic E-state index is 12.4. The summed E-state index contributed by atoms with van der Waals surface area (Å²) >= 11 is 0. The van der Waals surface area contributed by atoms with Gasteiger partial charge in [0.1, 0.15) is 17.6 Å². The number of carbonyl (C=O) groups is 1. The van der Waals surface area contributed by atoms with E-state index < -0.39 is 6.10 Å². The highest BCUT2D eigenvalue weighted by molar-refractivity contribution is 6.00. The molecule has 26 heavy (non-hydrogen) atoms. The van der Waals surface area contributed by atoms with Crippen LogP contribution in [0, 0.1) is 0 Å². The normalized spacial score (nSPS) is 15.8. The molecule has 2 aromatic carbocycles. The number of carbonyl (C=O) groups excluding carboxylic acids is 1. The Morgan fingerprint density at radius 1 is 1.27 bits per heavy atom. The molecule has 0 radical (unpaired) electrons. The number of phenolic OH excluding ortho intramolecular Hbond substituents is 2. The molecular weight excluding hydrogens is 332 g/mol. The number of benzene rings is 2. The molecule has 136 valence electrons. The van der Waals surface area contributed by atoms with Crippen LogP contribution in [0.15, 0.2) is 42.0 Å². The van der Waals surface area contributed by atoms with Gasteiger partial charge in [-0.2, -0.15) is 0 Å². The summed E-state index contributed by atoms with van der Waals surface area (Å²) < 4.78 is 11.3. The van der Waals surface area contributed by atoms with E-state index in [9.17, 15) is 15.0 Å². The van der Waals surface area contributed by atoms with Crippen molar-refractivity contribution in [1.82, 2.24) is 0 Å². The lowest BCUT2D eigenvalue weighted by Crippen LogP contribution is -2.20. The van der Waals surface area contributed by atoms with E-state index in [1.807, 2.05) is 26.0 Å². The number of ether oxygens (including phenoxy) is 2. The topological polar surface area (TPSA) is 76.0 Å². The van der Waals surface area contributed by atoms with Crippen molar-refractivity contribution in [3.8, 4) is 23.0 Å². The van der Waals surface area contributed by atoms with Gasteiger partial charge in [-0.1, -0.05) is 11.6 Å². The van der Waals surface area contributed by atoms with E-state index in [4.69, 9.17) is 9.47 Å². The predicted octanol–water partition coefficient (Wildman–Crippen LogP) is 4.32. The van der Waals surface area contributed by atoms with Crippen molar-refractivity contribution >= 4 is 5.78 Å². The lowest BCUT2D eigenvalue weighted by atomic mass is 9.94. The second-order valence-corrected chi connectivity index (χ2v) is 6.63. The summed E-state index contributed by atoms with van der Waals surface area (Å²) in [6.07, 6.45) is 2.29. The molecule has 2 N–H and O–H groups in total. The van der Waals surface area contributed by atoms with Gasteiger partial charge in [0, 0.05) is 11.6 Å². The van der Waals surface area contributed by atoms with Gasteiger partial charge in [-0.25, -0.2) is 0 Å². The largest absolute Gasteiger partial charge is 0.508 e. The van der Waals surface area contributed by atoms with Crippen LogP contribution >= 0.6 is 0 Å². The smallest absolute Gasteiger partial charge is 0.170 e. The predicted molar refractivity (Wildman–Crippen MR) is 98.2 cm³/mol. The van der Waals surface area contributed by atoms with E-state index in [2.05, 4.69) is 0 Å². The van der Waals surface area contributed by atoms with Crippen LogP contribution in [0.1, 0.15) is 47.9 Å². The molecule has 0 fully saturated rings. The van der Waals surface area contributed by atoms with E-state index in [0.29, 0.717) is 29.0 Å². The summed E-state index contributed by atoms with van der Waals surface area (Å²) in [5.74, 6) is 0.773. The molecule has 5 nitrogen and oxygen atoms in total. The standard InChI is InChI=1S/C21H22O5/c1-12(2)4-5-13-8-14(9-18(24)21(13)25-3)19-11-17(23)16-7-6-15(22)10-20(16)26-19/h4,6-10,19,22,24H,5,11H2,1-3H3/t19-/m0/s1. The average molecular weight is 354 g/mol. The Labute approximate surface area is 152 Å². The Morgan fingerprint density at radius 3 is 2.73 bits per heavy atom. The van der Waals surface area contributed by atoms with Gasteiger partial charge < -0.3 is 19.7 Å². The fourth-order valence-electron chi connectivity index (χ4n) is 3.08. The van der Waals surface area contributed by atoms with Crippen molar-refractivity contribution in [2.75, 3.05) is 7.11 Å². The molecule has 1 aliphatic rings. The molecule has 3 rings (SSSR count). The van der Waals surface area contributed by atoms with Gasteiger partial charge in [-0.05, 0) is 50.1 Å². The van der Waals surface area contributed by atoms with Crippen LogP contribution < -0.4 is 9.47 Å². The number of rotatable bonds is 4. The first-order chi connectivity index (χ1) is 12.4. The van der Waals surface area contributed by atoms with Crippen molar-refractivity contribution in [3.05, 3.63) is 58.7 Å². The highest BCUT2D eigenvalue weighted by Crippen LogP contribution is 2.40. The number of ketones is 1. The zero-order valence-corrected chi connectivity index (χ0v) is 15.1. The lowest BCUT2D eigenvalue weighted by molar-refractivity contribution is 0.0849. The Morgan fingerprint density at radius 2 is 2.04 bits per heavy atom. The van der Waals surface area contributed by atoms with Crippen molar-refractivity contribution in [2.24, 2.45) is 0 Å². The number of fused-ring (bicyclic) bond motifs is 1. The zero-order chi connectivity index (χ0) is 18.8. The minimum Gasteiger partial charge on any atom is -0.508 e. The summed E-state index contributed by atoms with van der Waals surface area (Å²) in [6, 6.07) is 7.93. The first-order valence-electron chi connectivity index (χ1n) is 8.45. The fraction of sp³-hybridized carbons (Fsp3) is 0.286. The third-order valence-electron chi connectivity index (χ3n) is 4.38. The van der Waals surface area contributed by atoms with Crippen molar-refractivity contribution in [3.63, 3.8) is 0 Å². The molecule has 1 aliphatic heterocycles. The number of allylic oxidation sites excluding steroid dienone is 2. The van der Waals surface area contributed by atoms with Crippen LogP contribution in [0.5, 0.6) is 23.0 Å². The van der Waals surface area contributed by atoms with E-state index in [1.165, 1.54) is 19.2 Å². The number of Topliss-reactive ketones (excluding diaryl/α,β-unsaturated/α-hetero) is 1. The van der Waals surface area contributed by atoms with Crippen molar-refractivity contribution < 1.29 is 24.5 Å².